The van der Waals surface area contributed by atoms with Gasteiger partial charge >= 0.3 is 0 Å². The molecule has 2 fully saturated rings. The van der Waals surface area contributed by atoms with Crippen molar-refractivity contribution in [3.63, 3.8) is 0 Å². The number of morpholine rings is 1. The van der Waals surface area contributed by atoms with E-state index in [0.717, 1.165) is 26.1 Å². The second kappa shape index (κ2) is 6.49. The van der Waals surface area contributed by atoms with Gasteiger partial charge < -0.3 is 14.4 Å². The van der Waals surface area contributed by atoms with Crippen LogP contribution >= 0.6 is 0 Å². The fourth-order valence-electron chi connectivity index (χ4n) is 3.31. The number of rotatable bonds is 4. The van der Waals surface area contributed by atoms with E-state index in [-0.39, 0.29) is 18.1 Å². The number of hydrogen-bond acceptors (Lipinski definition) is 5. The lowest BCUT2D eigenvalue weighted by atomic mass is 10.1. The zero-order chi connectivity index (χ0) is 14.7. The molecule has 0 aromatic carbocycles. The average Bonchev–Trinajstić information content (AvgIpc) is 2.96. The summed E-state index contributed by atoms with van der Waals surface area (Å²) < 4.78 is 11.4. The topological polar surface area (TPSA) is 64.6 Å². The normalized spacial score (nSPS) is 28.4. The van der Waals surface area contributed by atoms with Crippen molar-refractivity contribution in [2.24, 2.45) is 5.92 Å². The maximum atomic E-state index is 12.6. The molecule has 114 valence electrons. The van der Waals surface area contributed by atoms with E-state index in [1.807, 2.05) is 11.8 Å². The van der Waals surface area contributed by atoms with Crippen molar-refractivity contribution in [2.45, 2.75) is 31.9 Å². The highest BCUT2D eigenvalue weighted by molar-refractivity contribution is 5.94. The van der Waals surface area contributed by atoms with E-state index < -0.39 is 0 Å². The number of ether oxygens (including phenoxy) is 2. The van der Waals surface area contributed by atoms with Gasteiger partial charge in [-0.2, -0.15) is 10.2 Å². The van der Waals surface area contributed by atoms with Gasteiger partial charge in [-0.05, 0) is 31.7 Å². The van der Waals surface area contributed by atoms with Crippen molar-refractivity contribution in [1.82, 2.24) is 15.1 Å². The van der Waals surface area contributed by atoms with Gasteiger partial charge in [0.05, 0.1) is 36.7 Å². The van der Waals surface area contributed by atoms with Crippen molar-refractivity contribution in [1.29, 1.82) is 0 Å². The van der Waals surface area contributed by atoms with Crippen molar-refractivity contribution in [3.05, 3.63) is 24.0 Å². The van der Waals surface area contributed by atoms with Crippen LogP contribution in [-0.2, 0) is 9.47 Å². The van der Waals surface area contributed by atoms with Crippen LogP contribution in [0.5, 0.6) is 0 Å². The highest BCUT2D eigenvalue weighted by atomic mass is 16.5. The van der Waals surface area contributed by atoms with Gasteiger partial charge in [0.15, 0.2) is 0 Å². The lowest BCUT2D eigenvalue weighted by molar-refractivity contribution is -0.0450. The maximum Gasteiger partial charge on any atom is 0.255 e. The minimum atomic E-state index is 0.0280. The monoisotopic (exact) mass is 291 g/mol. The van der Waals surface area contributed by atoms with E-state index in [1.165, 1.54) is 6.20 Å². The summed E-state index contributed by atoms with van der Waals surface area (Å²) in [4.78, 5) is 14.6. The van der Waals surface area contributed by atoms with Crippen LogP contribution in [0.25, 0.3) is 0 Å². The molecule has 0 spiro atoms. The Labute approximate surface area is 124 Å². The van der Waals surface area contributed by atoms with Crippen molar-refractivity contribution < 1.29 is 14.3 Å². The molecule has 3 rings (SSSR count). The SMILES string of the molecule is CCOC[C@@H]1C[C@H]2OCCN(C(=O)c3ccnnc3)[C@H]2C1. The molecule has 1 saturated carbocycles. The molecule has 0 N–H and O–H groups in total. The van der Waals surface area contributed by atoms with Crippen LogP contribution in [-0.4, -0.2) is 59.5 Å². The third-order valence-electron chi connectivity index (χ3n) is 4.28. The molecule has 2 aliphatic rings. The summed E-state index contributed by atoms with van der Waals surface area (Å²) >= 11 is 0. The van der Waals surface area contributed by atoms with Gasteiger partial charge in [0.2, 0.25) is 0 Å². The average molecular weight is 291 g/mol. The largest absolute Gasteiger partial charge is 0.381 e. The van der Waals surface area contributed by atoms with Gasteiger partial charge in [0.25, 0.3) is 5.91 Å². The van der Waals surface area contributed by atoms with E-state index in [1.54, 1.807) is 12.3 Å². The van der Waals surface area contributed by atoms with E-state index in [4.69, 9.17) is 9.47 Å². The Morgan fingerprint density at radius 3 is 3.14 bits per heavy atom. The van der Waals surface area contributed by atoms with E-state index >= 15 is 0 Å². The van der Waals surface area contributed by atoms with E-state index in [2.05, 4.69) is 10.2 Å². The predicted molar refractivity (Wildman–Crippen MR) is 75.8 cm³/mol. The molecule has 2 heterocycles. The van der Waals surface area contributed by atoms with Gasteiger partial charge in [-0.3, -0.25) is 4.79 Å². The molecule has 0 bridgehead atoms. The maximum absolute atomic E-state index is 12.6. The Morgan fingerprint density at radius 1 is 1.48 bits per heavy atom. The molecule has 1 aliphatic heterocycles. The van der Waals surface area contributed by atoms with Crippen molar-refractivity contribution >= 4 is 5.91 Å². The van der Waals surface area contributed by atoms with Gasteiger partial charge in [0.1, 0.15) is 0 Å². The highest BCUT2D eigenvalue weighted by Gasteiger charge is 2.43. The molecule has 0 unspecified atom stereocenters. The summed E-state index contributed by atoms with van der Waals surface area (Å²) in [6.07, 6.45) is 5.15. The molecule has 1 aromatic rings. The van der Waals surface area contributed by atoms with Crippen LogP contribution in [0.4, 0.5) is 0 Å². The highest BCUT2D eigenvalue weighted by Crippen LogP contribution is 2.35. The van der Waals surface area contributed by atoms with Gasteiger partial charge in [0, 0.05) is 19.8 Å². The molecule has 6 heteroatoms. The molecular weight excluding hydrogens is 270 g/mol. The van der Waals surface area contributed by atoms with E-state index in [9.17, 15) is 4.79 Å². The first-order valence-electron chi connectivity index (χ1n) is 7.56. The van der Waals surface area contributed by atoms with Crippen LogP contribution in [0.15, 0.2) is 18.5 Å². The molecule has 1 aliphatic carbocycles. The molecular formula is C15H21N3O3. The van der Waals surface area contributed by atoms with Crippen LogP contribution in [0.1, 0.15) is 30.1 Å². The first-order valence-corrected chi connectivity index (χ1v) is 7.56. The third-order valence-corrected chi connectivity index (χ3v) is 4.28. The van der Waals surface area contributed by atoms with Crippen LogP contribution in [0.2, 0.25) is 0 Å². The number of carbonyl (C=O) groups excluding carboxylic acids is 1. The predicted octanol–water partition coefficient (Wildman–Crippen LogP) is 1.13. The molecule has 1 saturated heterocycles. The summed E-state index contributed by atoms with van der Waals surface area (Å²) in [6.45, 7) is 4.74. The number of nitrogens with zero attached hydrogens (tertiary/aromatic N) is 3. The van der Waals surface area contributed by atoms with Crippen LogP contribution < -0.4 is 0 Å². The third kappa shape index (κ3) is 3.06. The first kappa shape index (κ1) is 14.4. The minimum absolute atomic E-state index is 0.0280. The van der Waals surface area contributed by atoms with Gasteiger partial charge in [-0.25, -0.2) is 0 Å². The number of carbonyl (C=O) groups is 1. The Kier molecular flexibility index (Phi) is 4.45. The second-order valence-electron chi connectivity index (χ2n) is 5.60. The van der Waals surface area contributed by atoms with Crippen molar-refractivity contribution in [3.8, 4) is 0 Å². The molecule has 3 atom stereocenters. The van der Waals surface area contributed by atoms with Crippen molar-refractivity contribution in [2.75, 3.05) is 26.4 Å². The Hall–Kier alpha value is -1.53. The lowest BCUT2D eigenvalue weighted by Gasteiger charge is -2.37. The number of hydrogen-bond donors (Lipinski definition) is 0. The zero-order valence-electron chi connectivity index (χ0n) is 12.3. The Balaban J connectivity index is 1.70. The summed E-state index contributed by atoms with van der Waals surface area (Å²) in [5.74, 6) is 0.504. The number of fused-ring (bicyclic) bond motifs is 1. The van der Waals surface area contributed by atoms with Crippen LogP contribution in [0.3, 0.4) is 0 Å². The zero-order valence-corrected chi connectivity index (χ0v) is 12.3. The Morgan fingerprint density at radius 2 is 2.38 bits per heavy atom. The molecule has 1 aromatic heterocycles. The first-order chi connectivity index (χ1) is 10.3. The lowest BCUT2D eigenvalue weighted by Crippen LogP contribution is -2.51. The molecule has 6 nitrogen and oxygen atoms in total. The quantitative estimate of drug-likeness (QED) is 0.832. The van der Waals surface area contributed by atoms with Gasteiger partial charge in [-0.15, -0.1) is 0 Å². The fourth-order valence-corrected chi connectivity index (χ4v) is 3.31. The summed E-state index contributed by atoms with van der Waals surface area (Å²) in [5.41, 5.74) is 0.596. The molecule has 0 radical (unpaired) electrons. The summed E-state index contributed by atoms with van der Waals surface area (Å²) in [5, 5.41) is 7.52. The van der Waals surface area contributed by atoms with Crippen LogP contribution in [0, 0.1) is 5.92 Å². The molecule has 1 amide bonds. The number of amides is 1. The van der Waals surface area contributed by atoms with Gasteiger partial charge in [-0.1, -0.05) is 0 Å². The molecule has 21 heavy (non-hydrogen) atoms. The summed E-state index contributed by atoms with van der Waals surface area (Å²) in [6, 6.07) is 1.87. The van der Waals surface area contributed by atoms with E-state index in [0.29, 0.717) is 24.6 Å². The Bertz CT molecular complexity index is 482. The minimum Gasteiger partial charge on any atom is -0.381 e. The second-order valence-corrected chi connectivity index (χ2v) is 5.60. The smallest absolute Gasteiger partial charge is 0.255 e. The fraction of sp³-hybridized carbons (Fsp3) is 0.667. The number of aromatic nitrogens is 2. The standard InChI is InChI=1S/C15H21N3O3/c1-2-20-10-11-7-13-14(8-11)21-6-5-18(13)15(19)12-3-4-16-17-9-12/h3-4,9,11,13-14H,2,5-8,10H2,1H3/t11-,13-,14+/m0/s1. The summed E-state index contributed by atoms with van der Waals surface area (Å²) in [7, 11) is 0.